The molecule has 0 spiro atoms. The minimum absolute atomic E-state index is 0.211. The van der Waals surface area contributed by atoms with E-state index in [0.717, 1.165) is 0 Å². The van der Waals surface area contributed by atoms with Gasteiger partial charge in [-0.3, -0.25) is 0 Å². The minimum atomic E-state index is -7.06. The molecule has 0 aromatic rings. The Morgan fingerprint density at radius 1 is 0.545 bits per heavy atom. The van der Waals surface area contributed by atoms with Crippen LogP contribution in [0.4, 0.5) is 52.7 Å². The molecule has 7 nitrogen and oxygen atoms in total. The van der Waals surface area contributed by atoms with E-state index in [2.05, 4.69) is 32.1 Å². The summed E-state index contributed by atoms with van der Waals surface area (Å²) in [5.74, 6) is -3.40. The summed E-state index contributed by atoms with van der Waals surface area (Å²) < 4.78 is 172. The first kappa shape index (κ1) is 30.5. The third-order valence-corrected chi connectivity index (χ3v) is 2.59. The molecule has 0 atom stereocenters. The van der Waals surface area contributed by atoms with Crippen molar-refractivity contribution >= 4 is 11.9 Å². The molecule has 19 heteroatoms. The molecule has 0 heterocycles. The Balaban J connectivity index is 5.50. The van der Waals surface area contributed by atoms with Crippen molar-refractivity contribution in [3.05, 3.63) is 25.3 Å². The summed E-state index contributed by atoms with van der Waals surface area (Å²) in [6, 6.07) is 0. The Kier molecular flexibility index (Phi) is 9.38. The molecule has 0 saturated heterocycles. The number of esters is 2. The fourth-order valence-electron chi connectivity index (χ4n) is 1.26. The van der Waals surface area contributed by atoms with E-state index >= 15 is 0 Å². The molecule has 0 aromatic heterocycles. The van der Waals surface area contributed by atoms with Gasteiger partial charge in [-0.25, -0.2) is 23.8 Å². The van der Waals surface area contributed by atoms with Gasteiger partial charge in [0, 0.05) is 12.2 Å². The normalized spacial score (nSPS) is 13.9. The van der Waals surface area contributed by atoms with E-state index in [1.54, 1.807) is 0 Å². The molecule has 0 aliphatic heterocycles. The van der Waals surface area contributed by atoms with Crippen LogP contribution in [0.3, 0.4) is 0 Å². The number of hydrogen-bond acceptors (Lipinski definition) is 7. The number of ether oxygens (including phenoxy) is 5. The highest BCUT2D eigenvalue weighted by Crippen LogP contribution is 2.48. The molecule has 33 heavy (non-hydrogen) atoms. The maximum Gasteiger partial charge on any atom is 0.453 e. The molecule has 0 bridgehead atoms. The fraction of sp³-hybridized carbons (Fsp3) is 0.571. The lowest BCUT2D eigenvalue weighted by atomic mass is 10.5. The molecule has 0 fully saturated rings. The highest BCUT2D eigenvalue weighted by molar-refractivity contribution is 5.81. The second kappa shape index (κ2) is 10.2. The Bertz CT molecular complexity index is 678. The van der Waals surface area contributed by atoms with Gasteiger partial charge < -0.3 is 9.47 Å². The van der Waals surface area contributed by atoms with E-state index in [9.17, 15) is 62.3 Å². The van der Waals surface area contributed by atoms with Crippen LogP contribution < -0.4 is 0 Å². The molecule has 0 amide bonds. The number of alkyl halides is 12. The van der Waals surface area contributed by atoms with Crippen molar-refractivity contribution in [2.45, 2.75) is 36.7 Å². The Labute approximate surface area is 174 Å². The zero-order chi connectivity index (χ0) is 26.5. The summed E-state index contributed by atoms with van der Waals surface area (Å²) in [7, 11) is 0. The van der Waals surface area contributed by atoms with Crippen LogP contribution in [0.25, 0.3) is 0 Å². The third-order valence-electron chi connectivity index (χ3n) is 2.59. The lowest BCUT2D eigenvalue weighted by Gasteiger charge is -2.34. The summed E-state index contributed by atoms with van der Waals surface area (Å²) in [4.78, 5) is 21.1. The van der Waals surface area contributed by atoms with E-state index in [1.807, 2.05) is 4.74 Å². The van der Waals surface area contributed by atoms with Crippen LogP contribution in [0.1, 0.15) is 0 Å². The summed E-state index contributed by atoms with van der Waals surface area (Å²) in [6.45, 7) is 0.372. The van der Waals surface area contributed by atoms with Gasteiger partial charge in [0.15, 0.2) is 13.2 Å². The lowest BCUT2D eigenvalue weighted by Crippen LogP contribution is -2.58. The van der Waals surface area contributed by atoms with Gasteiger partial charge in [-0.1, -0.05) is 13.2 Å². The summed E-state index contributed by atoms with van der Waals surface area (Å²) in [5.41, 5.74) is 0. The van der Waals surface area contributed by atoms with Gasteiger partial charge in [0.25, 0.3) is 0 Å². The third kappa shape index (κ3) is 9.08. The van der Waals surface area contributed by atoms with Crippen LogP contribution >= 0.6 is 0 Å². The SMILES string of the molecule is C=CC(=O)OCC(F)(F)OC(F)(F)C(F)(F)OC(F)(F)C(F)(F)OC(F)(F)COC(=O)C=C. The first-order valence-corrected chi connectivity index (χ1v) is 7.49. The smallest absolute Gasteiger partial charge is 0.453 e. The molecule has 0 rings (SSSR count). The number of carbonyl (C=O) groups excluding carboxylic acids is 2. The van der Waals surface area contributed by atoms with Crippen LogP contribution in [-0.4, -0.2) is 61.8 Å². The summed E-state index contributed by atoms with van der Waals surface area (Å²) in [5, 5.41) is 0. The second-order valence-electron chi connectivity index (χ2n) is 5.27. The molecule has 0 saturated carbocycles. The second-order valence-corrected chi connectivity index (χ2v) is 5.27. The van der Waals surface area contributed by atoms with Crippen molar-refractivity contribution < 1.29 is 86.0 Å². The molecular formula is C14H10F12O7. The van der Waals surface area contributed by atoms with Gasteiger partial charge in [0.1, 0.15) is 0 Å². The predicted molar refractivity (Wildman–Crippen MR) is 75.2 cm³/mol. The van der Waals surface area contributed by atoms with E-state index in [4.69, 9.17) is 0 Å². The molecule has 192 valence electrons. The molecule has 0 aliphatic carbocycles. The van der Waals surface area contributed by atoms with Crippen molar-refractivity contribution in [1.82, 2.24) is 0 Å². The maximum atomic E-state index is 13.3. The summed E-state index contributed by atoms with van der Waals surface area (Å²) >= 11 is 0. The van der Waals surface area contributed by atoms with Gasteiger partial charge in [-0.15, -0.1) is 0 Å². The van der Waals surface area contributed by atoms with E-state index in [0.29, 0.717) is 0 Å². The van der Waals surface area contributed by atoms with Crippen LogP contribution in [0.2, 0.25) is 0 Å². The average molecular weight is 518 g/mol. The number of carbonyl (C=O) groups is 2. The van der Waals surface area contributed by atoms with Crippen molar-refractivity contribution in [2.75, 3.05) is 13.2 Å². The zero-order valence-electron chi connectivity index (χ0n) is 15.4. The van der Waals surface area contributed by atoms with Gasteiger partial charge in [0.2, 0.25) is 0 Å². The Morgan fingerprint density at radius 3 is 1.03 bits per heavy atom. The van der Waals surface area contributed by atoms with Crippen molar-refractivity contribution in [3.8, 4) is 0 Å². The highest BCUT2D eigenvalue weighted by atomic mass is 19.4. The number of halogens is 12. The number of hydrogen-bond donors (Lipinski definition) is 0. The molecule has 0 aromatic carbocycles. The molecule has 0 unspecified atom stereocenters. The Morgan fingerprint density at radius 2 is 0.788 bits per heavy atom. The van der Waals surface area contributed by atoms with Crippen molar-refractivity contribution in [1.29, 1.82) is 0 Å². The zero-order valence-corrected chi connectivity index (χ0v) is 15.4. The first-order chi connectivity index (χ1) is 14.5. The van der Waals surface area contributed by atoms with E-state index in [-0.39, 0.29) is 12.2 Å². The molecule has 0 N–H and O–H groups in total. The van der Waals surface area contributed by atoms with E-state index < -0.39 is 61.8 Å². The monoisotopic (exact) mass is 518 g/mol. The lowest BCUT2D eigenvalue weighted by molar-refractivity contribution is -0.558. The predicted octanol–water partition coefficient (Wildman–Crippen LogP) is 4.05. The van der Waals surface area contributed by atoms with Gasteiger partial charge in [-0.05, 0) is 0 Å². The van der Waals surface area contributed by atoms with Crippen molar-refractivity contribution in [2.24, 2.45) is 0 Å². The highest BCUT2D eigenvalue weighted by Gasteiger charge is 2.74. The van der Waals surface area contributed by atoms with Crippen LogP contribution in [-0.2, 0) is 33.3 Å². The van der Waals surface area contributed by atoms with Gasteiger partial charge in [0.05, 0.1) is 0 Å². The average Bonchev–Trinajstić information content (AvgIpc) is 2.61. The van der Waals surface area contributed by atoms with Gasteiger partial charge >= 0.3 is 48.6 Å². The Hall–Kier alpha value is -2.54. The standard InChI is InChI=1S/C14H10F12O7/c1-3-7(27)29-5-9(15,16)31-11(19,20)13(23,24)33-14(25,26)12(21,22)32-10(17,18)6-30-8(28)4-2/h3-4H,1-2,5-6H2. The van der Waals surface area contributed by atoms with Crippen molar-refractivity contribution in [3.63, 3.8) is 0 Å². The van der Waals surface area contributed by atoms with E-state index in [1.165, 1.54) is 0 Å². The first-order valence-electron chi connectivity index (χ1n) is 7.49. The van der Waals surface area contributed by atoms with Crippen LogP contribution in [0.15, 0.2) is 25.3 Å². The topological polar surface area (TPSA) is 80.3 Å². The summed E-state index contributed by atoms with van der Waals surface area (Å²) in [6.07, 6.45) is -38.5. The van der Waals surface area contributed by atoms with Crippen LogP contribution in [0, 0.1) is 0 Å². The quantitative estimate of drug-likeness (QED) is 0.195. The maximum absolute atomic E-state index is 13.3. The molecular weight excluding hydrogens is 508 g/mol. The fourth-order valence-corrected chi connectivity index (χ4v) is 1.26. The minimum Gasteiger partial charge on any atom is -0.453 e. The number of rotatable bonds is 14. The molecule has 0 aliphatic rings. The van der Waals surface area contributed by atoms with Crippen LogP contribution in [0.5, 0.6) is 0 Å². The molecule has 0 radical (unpaired) electrons. The van der Waals surface area contributed by atoms with Gasteiger partial charge in [-0.2, -0.15) is 52.7 Å². The largest absolute Gasteiger partial charge is 0.453 e.